The summed E-state index contributed by atoms with van der Waals surface area (Å²) in [6.45, 7) is 2.06. The van der Waals surface area contributed by atoms with Crippen LogP contribution in [-0.2, 0) is 17.6 Å². The maximum atomic E-state index is 14.3. The summed E-state index contributed by atoms with van der Waals surface area (Å²) < 4.78 is 29.2. The number of carboxylic acid groups (broad SMARTS) is 1. The van der Waals surface area contributed by atoms with Crippen molar-refractivity contribution in [1.82, 2.24) is 14.7 Å². The molecule has 1 amide bonds. The third-order valence-electron chi connectivity index (χ3n) is 5.63. The third-order valence-corrected chi connectivity index (χ3v) is 5.63. The van der Waals surface area contributed by atoms with Crippen LogP contribution >= 0.6 is 0 Å². The molecular formula is C19H19F2N3O3. The maximum Gasteiger partial charge on any atom is 0.308 e. The highest BCUT2D eigenvalue weighted by Crippen LogP contribution is 2.32. The lowest BCUT2D eigenvalue weighted by Crippen LogP contribution is -2.38. The largest absolute Gasteiger partial charge is 0.481 e. The molecule has 1 N–H and O–H groups in total. The van der Waals surface area contributed by atoms with E-state index in [0.717, 1.165) is 18.1 Å². The molecule has 0 bridgehead atoms. The highest BCUT2D eigenvalue weighted by Gasteiger charge is 2.40. The normalized spacial score (nSPS) is 21.5. The molecule has 1 aliphatic heterocycles. The smallest absolute Gasteiger partial charge is 0.308 e. The predicted octanol–water partition coefficient (Wildman–Crippen LogP) is 2.57. The summed E-state index contributed by atoms with van der Waals surface area (Å²) in [4.78, 5) is 25.9. The Balaban J connectivity index is 1.74. The molecule has 1 aliphatic carbocycles. The number of hydrogen-bond donors (Lipinski definition) is 1. The van der Waals surface area contributed by atoms with E-state index in [1.54, 1.807) is 6.92 Å². The molecule has 0 spiro atoms. The molecule has 2 unspecified atom stereocenters. The molecule has 0 radical (unpaired) electrons. The van der Waals surface area contributed by atoms with Gasteiger partial charge in [-0.05, 0) is 44.7 Å². The zero-order valence-electron chi connectivity index (χ0n) is 14.8. The SMILES string of the molecule is CC1C(C(=O)O)CCN1C(=O)c1nn(-c2cccc(F)c2F)c2c1CCC2. The monoisotopic (exact) mass is 375 g/mol. The van der Waals surface area contributed by atoms with Gasteiger partial charge in [0.05, 0.1) is 5.92 Å². The van der Waals surface area contributed by atoms with E-state index in [9.17, 15) is 23.5 Å². The van der Waals surface area contributed by atoms with Crippen molar-refractivity contribution in [2.45, 2.75) is 38.6 Å². The molecule has 1 saturated heterocycles. The predicted molar refractivity (Wildman–Crippen MR) is 91.7 cm³/mol. The number of fused-ring (bicyclic) bond motifs is 1. The minimum absolute atomic E-state index is 0.0231. The van der Waals surface area contributed by atoms with Crippen molar-refractivity contribution in [2.24, 2.45) is 5.92 Å². The van der Waals surface area contributed by atoms with E-state index in [1.165, 1.54) is 21.7 Å². The number of amides is 1. The number of carbonyl (C=O) groups is 2. The number of halogens is 2. The highest BCUT2D eigenvalue weighted by molar-refractivity contribution is 5.95. The molecule has 27 heavy (non-hydrogen) atoms. The lowest BCUT2D eigenvalue weighted by Gasteiger charge is -2.22. The summed E-state index contributed by atoms with van der Waals surface area (Å²) >= 11 is 0. The minimum atomic E-state index is -1.01. The summed E-state index contributed by atoms with van der Waals surface area (Å²) in [5.74, 6) is -3.85. The summed E-state index contributed by atoms with van der Waals surface area (Å²) in [7, 11) is 0. The van der Waals surface area contributed by atoms with Gasteiger partial charge in [-0.2, -0.15) is 5.10 Å². The van der Waals surface area contributed by atoms with Gasteiger partial charge in [-0.15, -0.1) is 0 Å². The Labute approximate surface area is 154 Å². The van der Waals surface area contributed by atoms with Crippen LogP contribution in [0.2, 0.25) is 0 Å². The molecule has 1 aromatic heterocycles. The van der Waals surface area contributed by atoms with Gasteiger partial charge in [0, 0.05) is 23.8 Å². The van der Waals surface area contributed by atoms with Gasteiger partial charge >= 0.3 is 5.97 Å². The van der Waals surface area contributed by atoms with E-state index in [0.29, 0.717) is 31.5 Å². The fourth-order valence-corrected chi connectivity index (χ4v) is 4.16. The van der Waals surface area contributed by atoms with Crippen LogP contribution in [0.5, 0.6) is 0 Å². The maximum absolute atomic E-state index is 14.3. The summed E-state index contributed by atoms with van der Waals surface area (Å²) in [6.07, 6.45) is 2.46. The molecule has 8 heteroatoms. The second-order valence-electron chi connectivity index (χ2n) is 7.08. The molecule has 2 heterocycles. The summed E-state index contributed by atoms with van der Waals surface area (Å²) in [5, 5.41) is 13.6. The second-order valence-corrected chi connectivity index (χ2v) is 7.08. The van der Waals surface area contributed by atoms with Gasteiger partial charge in [0.25, 0.3) is 5.91 Å². The van der Waals surface area contributed by atoms with E-state index >= 15 is 0 Å². The van der Waals surface area contributed by atoms with Gasteiger partial charge in [0.15, 0.2) is 17.3 Å². The van der Waals surface area contributed by atoms with Crippen LogP contribution in [0.15, 0.2) is 18.2 Å². The number of hydrogen-bond acceptors (Lipinski definition) is 3. The second kappa shape index (κ2) is 6.44. The summed E-state index contributed by atoms with van der Waals surface area (Å²) in [6, 6.07) is 3.42. The van der Waals surface area contributed by atoms with Crippen molar-refractivity contribution in [2.75, 3.05) is 6.54 Å². The van der Waals surface area contributed by atoms with Crippen LogP contribution in [0.1, 0.15) is 41.5 Å². The molecule has 1 aromatic carbocycles. The van der Waals surface area contributed by atoms with Crippen LogP contribution in [0.4, 0.5) is 8.78 Å². The van der Waals surface area contributed by atoms with Gasteiger partial charge in [0.1, 0.15) is 5.69 Å². The van der Waals surface area contributed by atoms with Crippen LogP contribution < -0.4 is 0 Å². The number of aliphatic carboxylic acids is 1. The fraction of sp³-hybridized carbons (Fsp3) is 0.421. The topological polar surface area (TPSA) is 75.4 Å². The third kappa shape index (κ3) is 2.70. The molecule has 4 rings (SSSR count). The first-order valence-electron chi connectivity index (χ1n) is 8.99. The highest BCUT2D eigenvalue weighted by atomic mass is 19.2. The van der Waals surface area contributed by atoms with Crippen LogP contribution in [0.3, 0.4) is 0 Å². The number of aromatic nitrogens is 2. The average molecular weight is 375 g/mol. The number of benzene rings is 1. The van der Waals surface area contributed by atoms with Gasteiger partial charge in [-0.1, -0.05) is 6.07 Å². The Bertz CT molecular complexity index is 941. The van der Waals surface area contributed by atoms with E-state index in [-0.39, 0.29) is 17.3 Å². The first kappa shape index (κ1) is 17.6. The fourth-order valence-electron chi connectivity index (χ4n) is 4.16. The zero-order valence-corrected chi connectivity index (χ0v) is 14.8. The van der Waals surface area contributed by atoms with Crippen LogP contribution in [0, 0.1) is 17.6 Å². The lowest BCUT2D eigenvalue weighted by atomic mass is 10.0. The van der Waals surface area contributed by atoms with Gasteiger partial charge in [0.2, 0.25) is 0 Å². The van der Waals surface area contributed by atoms with Gasteiger partial charge in [-0.3, -0.25) is 9.59 Å². The number of likely N-dealkylation sites (tertiary alicyclic amines) is 1. The molecule has 2 aromatic rings. The molecule has 142 valence electrons. The lowest BCUT2D eigenvalue weighted by molar-refractivity contribution is -0.142. The number of carbonyl (C=O) groups excluding carboxylic acids is 1. The Hall–Kier alpha value is -2.77. The molecular weight excluding hydrogens is 356 g/mol. The molecule has 0 saturated carbocycles. The van der Waals surface area contributed by atoms with Crippen molar-refractivity contribution < 1.29 is 23.5 Å². The zero-order chi connectivity index (χ0) is 19.3. The van der Waals surface area contributed by atoms with Crippen molar-refractivity contribution >= 4 is 11.9 Å². The van der Waals surface area contributed by atoms with E-state index < -0.39 is 29.6 Å². The van der Waals surface area contributed by atoms with Crippen molar-refractivity contribution in [1.29, 1.82) is 0 Å². The molecule has 1 fully saturated rings. The first-order valence-corrected chi connectivity index (χ1v) is 8.99. The van der Waals surface area contributed by atoms with Gasteiger partial charge < -0.3 is 10.0 Å². The number of nitrogens with zero attached hydrogens (tertiary/aromatic N) is 3. The van der Waals surface area contributed by atoms with Crippen LogP contribution in [0.25, 0.3) is 5.69 Å². The van der Waals surface area contributed by atoms with Crippen molar-refractivity contribution in [3.8, 4) is 5.69 Å². The van der Waals surface area contributed by atoms with Gasteiger partial charge in [-0.25, -0.2) is 13.5 Å². The minimum Gasteiger partial charge on any atom is -0.481 e. The Morgan fingerprint density at radius 1 is 1.26 bits per heavy atom. The van der Waals surface area contributed by atoms with Crippen molar-refractivity contribution in [3.63, 3.8) is 0 Å². The number of rotatable bonds is 3. The Morgan fingerprint density at radius 3 is 2.74 bits per heavy atom. The van der Waals surface area contributed by atoms with Crippen LogP contribution in [-0.4, -0.2) is 44.3 Å². The average Bonchev–Trinajstić information content (AvgIpc) is 3.31. The van der Waals surface area contributed by atoms with E-state index in [2.05, 4.69) is 5.10 Å². The Kier molecular flexibility index (Phi) is 4.20. The standard InChI is InChI=1S/C19H19F2N3O3/c1-10-11(19(26)27)8-9-23(10)18(25)17-12-4-2-6-14(12)24(22-17)15-7-3-5-13(20)16(15)21/h3,5,7,10-11H,2,4,6,8-9H2,1H3,(H,26,27). The molecule has 6 nitrogen and oxygen atoms in total. The molecule has 2 aliphatic rings. The summed E-state index contributed by atoms with van der Waals surface area (Å²) in [5.41, 5.74) is 1.65. The Morgan fingerprint density at radius 2 is 2.04 bits per heavy atom. The van der Waals surface area contributed by atoms with E-state index in [4.69, 9.17) is 0 Å². The molecule has 2 atom stereocenters. The van der Waals surface area contributed by atoms with Crippen molar-refractivity contribution in [3.05, 3.63) is 46.8 Å². The first-order chi connectivity index (χ1) is 12.9. The quantitative estimate of drug-likeness (QED) is 0.895. The number of carboxylic acids is 1. The van der Waals surface area contributed by atoms with E-state index in [1.807, 2.05) is 0 Å².